The van der Waals surface area contributed by atoms with Crippen molar-refractivity contribution in [3.8, 4) is 5.75 Å². The fraction of sp³-hybridized carbons (Fsp3) is 0.469. The van der Waals surface area contributed by atoms with E-state index < -0.39 is 63.9 Å². The normalized spacial score (nSPS) is 25.6. The summed E-state index contributed by atoms with van der Waals surface area (Å²) in [6.45, 7) is 2.14. The molecule has 1 fully saturated rings. The van der Waals surface area contributed by atoms with E-state index in [2.05, 4.69) is 6.92 Å². The molecule has 5 rings (SSSR count). The van der Waals surface area contributed by atoms with E-state index in [-0.39, 0.29) is 46.1 Å². The van der Waals surface area contributed by atoms with Crippen LogP contribution < -0.4 is 5.73 Å². The highest BCUT2D eigenvalue weighted by Gasteiger charge is 2.64. The molecule has 0 aromatic heterocycles. The van der Waals surface area contributed by atoms with Gasteiger partial charge in [0, 0.05) is 27.8 Å². The van der Waals surface area contributed by atoms with Crippen molar-refractivity contribution in [1.82, 2.24) is 4.90 Å². The molecule has 3 aliphatic carbocycles. The molecule has 1 saturated carbocycles. The number of aromatic hydroxyl groups is 1. The molecule has 2 aromatic carbocycles. The van der Waals surface area contributed by atoms with Gasteiger partial charge in [-0.1, -0.05) is 44.7 Å². The third-order valence-electron chi connectivity index (χ3n) is 9.26. The Morgan fingerprint density at radius 1 is 1.10 bits per heavy atom. The van der Waals surface area contributed by atoms with Gasteiger partial charge in [0.05, 0.1) is 11.6 Å². The van der Waals surface area contributed by atoms with Crippen LogP contribution in [0, 0.1) is 17.7 Å². The number of benzene rings is 2. The van der Waals surface area contributed by atoms with Gasteiger partial charge in [-0.05, 0) is 57.3 Å². The van der Waals surface area contributed by atoms with E-state index >= 15 is 4.39 Å². The zero-order valence-electron chi connectivity index (χ0n) is 24.0. The first-order valence-corrected chi connectivity index (χ1v) is 14.5. The number of aliphatic hydroxyl groups excluding tert-OH is 2. The van der Waals surface area contributed by atoms with Crippen LogP contribution in [0.25, 0.3) is 16.5 Å². The molecule has 9 nitrogen and oxygen atoms in total. The Morgan fingerprint density at radius 3 is 2.43 bits per heavy atom. The molecule has 4 atom stereocenters. The number of nitrogens with two attached hydrogens (primary N) is 1. The van der Waals surface area contributed by atoms with Gasteiger partial charge in [-0.2, -0.15) is 0 Å². The first kappa shape index (κ1) is 29.7. The maximum atomic E-state index is 16.0. The quantitative estimate of drug-likeness (QED) is 0.233. The molecule has 1 amide bonds. The molecule has 3 aliphatic rings. The summed E-state index contributed by atoms with van der Waals surface area (Å²) in [5.74, 6) is -8.18. The molecule has 0 unspecified atom stereocenters. The summed E-state index contributed by atoms with van der Waals surface area (Å²) in [6.07, 6.45) is 5.94. The van der Waals surface area contributed by atoms with Crippen molar-refractivity contribution in [2.75, 3.05) is 14.1 Å². The number of amides is 1. The fourth-order valence-electron chi connectivity index (χ4n) is 7.20. The van der Waals surface area contributed by atoms with Gasteiger partial charge in [-0.15, -0.1) is 0 Å². The Morgan fingerprint density at radius 2 is 1.79 bits per heavy atom. The SMILES string of the molecule is CCCCCCCc1ccc2c(F)c3c(c(O)c2c1)C(O)=C1C(=O)[C@]2(O)C(O)=C(C(N)=O)C(=O)[C@@H](N(C)C)[C@@H]2C[C@@H]1C3. The molecule has 0 spiro atoms. The molecule has 10 heteroatoms. The third-order valence-corrected chi connectivity index (χ3v) is 9.26. The van der Waals surface area contributed by atoms with Crippen LogP contribution in [0.2, 0.25) is 0 Å². The molecule has 0 aliphatic heterocycles. The number of aryl methyl sites for hydroxylation is 1. The van der Waals surface area contributed by atoms with Crippen LogP contribution in [0.15, 0.2) is 35.1 Å². The van der Waals surface area contributed by atoms with Crippen molar-refractivity contribution in [3.05, 3.63) is 57.6 Å². The van der Waals surface area contributed by atoms with E-state index in [1.54, 1.807) is 12.1 Å². The summed E-state index contributed by atoms with van der Waals surface area (Å²) in [7, 11) is 3.05. The van der Waals surface area contributed by atoms with Gasteiger partial charge < -0.3 is 26.2 Å². The zero-order valence-corrected chi connectivity index (χ0v) is 24.0. The number of ketones is 2. The number of carbonyl (C=O) groups is 3. The van der Waals surface area contributed by atoms with E-state index in [4.69, 9.17) is 5.73 Å². The number of hydrogen-bond donors (Lipinski definition) is 5. The molecule has 0 bridgehead atoms. The lowest BCUT2D eigenvalue weighted by Gasteiger charge is -2.50. The Bertz CT molecular complexity index is 1580. The van der Waals surface area contributed by atoms with E-state index in [1.165, 1.54) is 19.0 Å². The average molecular weight is 581 g/mol. The van der Waals surface area contributed by atoms with Gasteiger partial charge in [0.25, 0.3) is 5.91 Å². The maximum absolute atomic E-state index is 16.0. The lowest BCUT2D eigenvalue weighted by Crippen LogP contribution is -2.65. The second-order valence-corrected chi connectivity index (χ2v) is 12.0. The largest absolute Gasteiger partial charge is 0.508 e. The number of carbonyl (C=O) groups excluding carboxylic acids is 3. The minimum atomic E-state index is -2.74. The van der Waals surface area contributed by atoms with Crippen LogP contribution >= 0.6 is 0 Å². The van der Waals surface area contributed by atoms with Crippen molar-refractivity contribution >= 4 is 34.0 Å². The topological polar surface area (TPSA) is 161 Å². The molecule has 224 valence electrons. The van der Waals surface area contributed by atoms with Gasteiger partial charge in [0.1, 0.15) is 28.7 Å². The van der Waals surface area contributed by atoms with Gasteiger partial charge in [-0.25, -0.2) is 4.39 Å². The summed E-state index contributed by atoms with van der Waals surface area (Å²) in [4.78, 5) is 40.7. The second kappa shape index (κ2) is 10.8. The van der Waals surface area contributed by atoms with E-state index in [0.717, 1.165) is 44.1 Å². The molecule has 42 heavy (non-hydrogen) atoms. The fourth-order valence-corrected chi connectivity index (χ4v) is 7.20. The molecule has 0 saturated heterocycles. The third kappa shape index (κ3) is 4.31. The summed E-state index contributed by atoms with van der Waals surface area (Å²) >= 11 is 0. The summed E-state index contributed by atoms with van der Waals surface area (Å²) in [5, 5.41) is 45.8. The molecular weight excluding hydrogens is 543 g/mol. The number of rotatable bonds is 8. The van der Waals surface area contributed by atoms with Crippen molar-refractivity contribution in [2.24, 2.45) is 17.6 Å². The van der Waals surface area contributed by atoms with Gasteiger partial charge in [0.2, 0.25) is 5.78 Å². The number of aliphatic hydroxyl groups is 3. The van der Waals surface area contributed by atoms with E-state index in [0.29, 0.717) is 0 Å². The number of halogens is 1. The number of primary amides is 1. The number of likely N-dealkylation sites (N-methyl/N-ethyl adjacent to an activating group) is 1. The van der Waals surface area contributed by atoms with Crippen molar-refractivity contribution < 1.29 is 39.2 Å². The van der Waals surface area contributed by atoms with E-state index in [9.17, 15) is 34.8 Å². The average Bonchev–Trinajstić information content (AvgIpc) is 2.93. The van der Waals surface area contributed by atoms with Gasteiger partial charge in [-0.3, -0.25) is 19.3 Å². The number of nitrogens with zero attached hydrogens (tertiary/aromatic N) is 1. The zero-order chi connectivity index (χ0) is 30.7. The number of Topliss-reactive ketones (excluding diaryl/α,β-unsaturated/α-hetero) is 2. The lowest BCUT2D eigenvalue weighted by atomic mass is 9.57. The van der Waals surface area contributed by atoms with Crippen LogP contribution in [0.5, 0.6) is 5.75 Å². The lowest BCUT2D eigenvalue weighted by molar-refractivity contribution is -0.153. The monoisotopic (exact) mass is 580 g/mol. The minimum absolute atomic E-state index is 0.0259. The van der Waals surface area contributed by atoms with Crippen LogP contribution in [0.1, 0.15) is 62.1 Å². The van der Waals surface area contributed by atoms with Crippen molar-refractivity contribution in [3.63, 3.8) is 0 Å². The molecule has 2 aromatic rings. The van der Waals surface area contributed by atoms with Gasteiger partial charge >= 0.3 is 0 Å². The first-order chi connectivity index (χ1) is 19.9. The standard InChI is InChI=1S/C32H37FN2O7/c1-4-5-6-7-8-9-15-10-11-17-18(12-15)26(36)22-19(24(17)33)13-16-14-20-25(35(2)3)28(38)23(31(34)41)30(40)32(20,42)29(39)21(16)27(22)37/h10-12,16,20,25,36-37,40,42H,4-9,13-14H2,1-3H3,(H2,34,41)/t16-,20-,25-,32-/m0/s1. The highest BCUT2D eigenvalue weighted by atomic mass is 19.1. The predicted molar refractivity (Wildman–Crippen MR) is 154 cm³/mol. The number of phenols is 1. The van der Waals surface area contributed by atoms with Crippen molar-refractivity contribution in [2.45, 2.75) is 69.9 Å². The number of unbranched alkanes of at least 4 members (excludes halogenated alkanes) is 4. The smallest absolute Gasteiger partial charge is 0.255 e. The summed E-state index contributed by atoms with van der Waals surface area (Å²) in [6, 6.07) is 3.93. The van der Waals surface area contributed by atoms with Crippen LogP contribution in [0.4, 0.5) is 4.39 Å². The minimum Gasteiger partial charge on any atom is -0.508 e. The van der Waals surface area contributed by atoms with E-state index in [1.807, 2.05) is 6.07 Å². The van der Waals surface area contributed by atoms with Crippen LogP contribution in [0.3, 0.4) is 0 Å². The Labute approximate surface area is 243 Å². The summed E-state index contributed by atoms with van der Waals surface area (Å²) < 4.78 is 16.0. The maximum Gasteiger partial charge on any atom is 0.255 e. The van der Waals surface area contributed by atoms with Crippen molar-refractivity contribution in [1.29, 1.82) is 0 Å². The second-order valence-electron chi connectivity index (χ2n) is 12.0. The highest BCUT2D eigenvalue weighted by Crippen LogP contribution is 2.53. The number of hydrogen-bond acceptors (Lipinski definition) is 8. The molecule has 0 heterocycles. The predicted octanol–water partition coefficient (Wildman–Crippen LogP) is 3.77. The molecule has 0 radical (unpaired) electrons. The Hall–Kier alpha value is -3.76. The molecule has 6 N–H and O–H groups in total. The van der Waals surface area contributed by atoms with Crippen LogP contribution in [-0.2, 0) is 27.2 Å². The first-order valence-electron chi connectivity index (χ1n) is 14.5. The van der Waals surface area contributed by atoms with Gasteiger partial charge in [0.15, 0.2) is 11.4 Å². The summed E-state index contributed by atoms with van der Waals surface area (Å²) in [5.41, 5.74) is 2.13. The molecular formula is C32H37FN2O7. The highest BCUT2D eigenvalue weighted by molar-refractivity contribution is 6.24. The number of fused-ring (bicyclic) bond motifs is 4. The Balaban J connectivity index is 1.63. The number of phenolic OH excluding ortho intramolecular Hbond substituents is 1. The van der Waals surface area contributed by atoms with Crippen LogP contribution in [-0.4, -0.2) is 68.5 Å². The Kier molecular flexibility index (Phi) is 7.66.